The van der Waals surface area contributed by atoms with Crippen LogP contribution in [0.1, 0.15) is 35.7 Å². The first kappa shape index (κ1) is 13.5. The minimum absolute atomic E-state index is 0.0577. The Bertz CT molecular complexity index is 535. The number of hydrogen-bond acceptors (Lipinski definition) is 5. The van der Waals surface area contributed by atoms with Gasteiger partial charge in [0.2, 0.25) is 0 Å². The summed E-state index contributed by atoms with van der Waals surface area (Å²) in [4.78, 5) is 22.5. The summed E-state index contributed by atoms with van der Waals surface area (Å²) in [6.45, 7) is 1.81. The van der Waals surface area contributed by atoms with Gasteiger partial charge in [-0.2, -0.15) is 0 Å². The summed E-state index contributed by atoms with van der Waals surface area (Å²) < 4.78 is 4.71. The van der Waals surface area contributed by atoms with Gasteiger partial charge in [0.05, 0.1) is 23.2 Å². The van der Waals surface area contributed by atoms with Crippen molar-refractivity contribution in [3.8, 4) is 0 Å². The molecule has 0 bridgehead atoms. The molecule has 2 rings (SSSR count). The number of carbonyl (C=O) groups is 1. The van der Waals surface area contributed by atoms with Gasteiger partial charge in [-0.1, -0.05) is 6.07 Å². The Morgan fingerprint density at radius 3 is 2.58 bits per heavy atom. The lowest BCUT2D eigenvalue weighted by molar-refractivity contribution is -0.385. The summed E-state index contributed by atoms with van der Waals surface area (Å²) in [5, 5.41) is 11.2. The van der Waals surface area contributed by atoms with Gasteiger partial charge < -0.3 is 10.5 Å². The zero-order chi connectivity index (χ0) is 14.2. The molecule has 0 amide bonds. The molecule has 19 heavy (non-hydrogen) atoms. The molecule has 0 radical (unpaired) electrons. The van der Waals surface area contributed by atoms with Gasteiger partial charge in [-0.15, -0.1) is 0 Å². The van der Waals surface area contributed by atoms with E-state index in [1.165, 1.54) is 19.2 Å². The normalized spacial score (nSPS) is 17.6. The molecule has 0 heterocycles. The van der Waals surface area contributed by atoms with Crippen molar-refractivity contribution in [3.63, 3.8) is 0 Å². The van der Waals surface area contributed by atoms with Gasteiger partial charge in [-0.05, 0) is 25.8 Å². The number of nitro groups is 1. The van der Waals surface area contributed by atoms with E-state index in [-0.39, 0.29) is 17.3 Å². The fourth-order valence-corrected chi connectivity index (χ4v) is 2.56. The van der Waals surface area contributed by atoms with Crippen LogP contribution in [0, 0.1) is 10.1 Å². The van der Waals surface area contributed by atoms with E-state index in [1.54, 1.807) is 6.07 Å². The number of esters is 1. The second-order valence-electron chi connectivity index (χ2n) is 4.89. The third-order valence-electron chi connectivity index (χ3n) is 3.80. The van der Waals surface area contributed by atoms with Gasteiger partial charge in [-0.25, -0.2) is 4.79 Å². The number of rotatable bonds is 4. The molecular weight excluding hydrogens is 248 g/mol. The van der Waals surface area contributed by atoms with Crippen LogP contribution in [0.15, 0.2) is 18.2 Å². The van der Waals surface area contributed by atoms with Crippen LogP contribution in [0.25, 0.3) is 0 Å². The van der Waals surface area contributed by atoms with Crippen LogP contribution in [0.2, 0.25) is 0 Å². The van der Waals surface area contributed by atoms with Crippen molar-refractivity contribution in [2.75, 3.05) is 7.11 Å². The van der Waals surface area contributed by atoms with E-state index in [0.29, 0.717) is 5.56 Å². The number of carbonyl (C=O) groups excluding carboxylic acids is 1. The van der Waals surface area contributed by atoms with Crippen molar-refractivity contribution in [2.24, 2.45) is 5.73 Å². The highest BCUT2D eigenvalue weighted by atomic mass is 16.6. The smallest absolute Gasteiger partial charge is 0.338 e. The molecule has 1 fully saturated rings. The van der Waals surface area contributed by atoms with Crippen molar-refractivity contribution < 1.29 is 14.5 Å². The summed E-state index contributed by atoms with van der Waals surface area (Å²) >= 11 is 0. The lowest BCUT2D eigenvalue weighted by atomic mass is 9.84. The molecule has 1 aromatic rings. The molecule has 1 aliphatic carbocycles. The second kappa shape index (κ2) is 4.62. The highest BCUT2D eigenvalue weighted by Gasteiger charge is 2.52. The topological polar surface area (TPSA) is 95.5 Å². The first-order chi connectivity index (χ1) is 8.94. The third kappa shape index (κ3) is 2.08. The summed E-state index contributed by atoms with van der Waals surface area (Å²) in [5.74, 6) is -0.564. The number of methoxy groups -OCH3 is 1. The van der Waals surface area contributed by atoms with E-state index in [9.17, 15) is 14.9 Å². The molecule has 1 saturated carbocycles. The summed E-state index contributed by atoms with van der Waals surface area (Å²) in [7, 11) is 1.26. The van der Waals surface area contributed by atoms with Crippen molar-refractivity contribution in [3.05, 3.63) is 39.4 Å². The Hall–Kier alpha value is -1.95. The average molecular weight is 264 g/mol. The summed E-state index contributed by atoms with van der Waals surface area (Å²) in [6.07, 6.45) is 1.50. The van der Waals surface area contributed by atoms with E-state index in [4.69, 9.17) is 10.5 Å². The maximum Gasteiger partial charge on any atom is 0.338 e. The fourth-order valence-electron chi connectivity index (χ4n) is 2.56. The fraction of sp³-hybridized carbons (Fsp3) is 0.462. The Morgan fingerprint density at radius 1 is 1.53 bits per heavy atom. The molecule has 6 heteroatoms. The number of ether oxygens (including phenoxy) is 1. The average Bonchev–Trinajstić information content (AvgIpc) is 3.18. The number of nitrogens with zero attached hydrogens (tertiary/aromatic N) is 1. The molecule has 2 N–H and O–H groups in total. The van der Waals surface area contributed by atoms with Crippen LogP contribution in [0.4, 0.5) is 5.69 Å². The summed E-state index contributed by atoms with van der Waals surface area (Å²) in [6, 6.07) is 4.20. The minimum atomic E-state index is -0.564. The third-order valence-corrected chi connectivity index (χ3v) is 3.80. The lowest BCUT2D eigenvalue weighted by Gasteiger charge is -2.22. The minimum Gasteiger partial charge on any atom is -0.465 e. The van der Waals surface area contributed by atoms with Gasteiger partial charge in [0.1, 0.15) is 0 Å². The van der Waals surface area contributed by atoms with Gasteiger partial charge in [0, 0.05) is 17.5 Å². The largest absolute Gasteiger partial charge is 0.465 e. The van der Waals surface area contributed by atoms with E-state index in [1.807, 2.05) is 6.92 Å². The van der Waals surface area contributed by atoms with E-state index in [2.05, 4.69) is 0 Å². The molecular formula is C13H16N2O4. The SMILES string of the molecule is COC(=O)c1cccc([N+](=O)[O-])c1C1(C(C)N)CC1. The molecule has 0 aliphatic heterocycles. The van der Waals surface area contributed by atoms with E-state index < -0.39 is 16.3 Å². The zero-order valence-corrected chi connectivity index (χ0v) is 10.9. The van der Waals surface area contributed by atoms with Crippen LogP contribution in [-0.4, -0.2) is 24.0 Å². The van der Waals surface area contributed by atoms with Crippen molar-refractivity contribution in [2.45, 2.75) is 31.2 Å². The van der Waals surface area contributed by atoms with Gasteiger partial charge in [0.15, 0.2) is 0 Å². The van der Waals surface area contributed by atoms with Gasteiger partial charge >= 0.3 is 5.97 Å². The van der Waals surface area contributed by atoms with Gasteiger partial charge in [-0.3, -0.25) is 10.1 Å². The van der Waals surface area contributed by atoms with E-state index >= 15 is 0 Å². The molecule has 1 atom stereocenters. The van der Waals surface area contributed by atoms with Crippen molar-refractivity contribution in [1.82, 2.24) is 0 Å². The van der Waals surface area contributed by atoms with Crippen LogP contribution in [0.5, 0.6) is 0 Å². The number of hydrogen-bond donors (Lipinski definition) is 1. The monoisotopic (exact) mass is 264 g/mol. The maximum atomic E-state index is 11.8. The Labute approximate surface area is 110 Å². The summed E-state index contributed by atoms with van der Waals surface area (Å²) in [5.41, 5.74) is 6.09. The number of benzene rings is 1. The maximum absolute atomic E-state index is 11.8. The standard InChI is InChI=1S/C13H16N2O4/c1-8(14)13(6-7-13)11-9(12(16)19-2)4-3-5-10(11)15(17)18/h3-5,8H,6-7,14H2,1-2H3. The van der Waals surface area contributed by atoms with E-state index in [0.717, 1.165) is 12.8 Å². The number of nitrogens with two attached hydrogens (primary N) is 1. The first-order valence-electron chi connectivity index (χ1n) is 6.06. The van der Waals surface area contributed by atoms with Crippen LogP contribution < -0.4 is 5.73 Å². The Balaban J connectivity index is 2.67. The molecule has 102 valence electrons. The van der Waals surface area contributed by atoms with Crippen molar-refractivity contribution in [1.29, 1.82) is 0 Å². The first-order valence-corrected chi connectivity index (χ1v) is 6.06. The van der Waals surface area contributed by atoms with Crippen LogP contribution in [-0.2, 0) is 10.2 Å². The lowest BCUT2D eigenvalue weighted by Crippen LogP contribution is -2.33. The zero-order valence-electron chi connectivity index (χ0n) is 10.9. The number of nitro benzene ring substituents is 1. The predicted octanol–water partition coefficient (Wildman–Crippen LogP) is 1.76. The highest BCUT2D eigenvalue weighted by Crippen LogP contribution is 2.54. The van der Waals surface area contributed by atoms with Crippen LogP contribution in [0.3, 0.4) is 0 Å². The quantitative estimate of drug-likeness (QED) is 0.508. The molecule has 6 nitrogen and oxygen atoms in total. The predicted molar refractivity (Wildman–Crippen MR) is 69.0 cm³/mol. The molecule has 0 spiro atoms. The Morgan fingerprint density at radius 2 is 2.16 bits per heavy atom. The molecule has 0 aromatic heterocycles. The van der Waals surface area contributed by atoms with Crippen molar-refractivity contribution >= 4 is 11.7 Å². The highest BCUT2D eigenvalue weighted by molar-refractivity contribution is 5.93. The van der Waals surface area contributed by atoms with Crippen LogP contribution >= 0.6 is 0 Å². The molecule has 0 saturated heterocycles. The molecule has 1 aromatic carbocycles. The second-order valence-corrected chi connectivity index (χ2v) is 4.89. The molecule has 1 unspecified atom stereocenters. The Kier molecular flexibility index (Phi) is 3.28. The van der Waals surface area contributed by atoms with Gasteiger partial charge in [0.25, 0.3) is 5.69 Å². The molecule has 1 aliphatic rings.